The predicted molar refractivity (Wildman–Crippen MR) is 101 cm³/mol. The summed E-state index contributed by atoms with van der Waals surface area (Å²) in [5.74, 6) is -1.58. The molecule has 1 atom stereocenters. The van der Waals surface area contributed by atoms with Gasteiger partial charge in [-0.25, -0.2) is 8.78 Å². The van der Waals surface area contributed by atoms with Gasteiger partial charge in [-0.2, -0.15) is 5.10 Å². The molecule has 2 saturated heterocycles. The molecule has 1 N–H and O–H groups in total. The van der Waals surface area contributed by atoms with Gasteiger partial charge in [-0.15, -0.1) is 0 Å². The maximum Gasteiger partial charge on any atom is 0.230 e. The van der Waals surface area contributed by atoms with Gasteiger partial charge < -0.3 is 4.90 Å². The quantitative estimate of drug-likeness (QED) is 0.855. The van der Waals surface area contributed by atoms with Gasteiger partial charge in [0.2, 0.25) is 5.91 Å². The molecule has 1 amide bonds. The monoisotopic (exact) mass is 388 g/mol. The standard InChI is InChI=1S/C21H26F2N4O/c1-2-16-11-17(25-24-16)13-26-9-7-21(14-26)6-3-8-27(20(21)28)12-15-4-5-18(22)19(23)10-15/h4-5,10-11H,2-3,6-9,12-14H2,1H3,(H,24,25). The summed E-state index contributed by atoms with van der Waals surface area (Å²) in [5.41, 5.74) is 2.40. The first-order chi connectivity index (χ1) is 13.5. The first-order valence-corrected chi connectivity index (χ1v) is 9.98. The lowest BCUT2D eigenvalue weighted by atomic mass is 9.78. The van der Waals surface area contributed by atoms with E-state index in [-0.39, 0.29) is 11.3 Å². The molecule has 2 fully saturated rings. The minimum atomic E-state index is -0.866. The van der Waals surface area contributed by atoms with Gasteiger partial charge in [-0.05, 0) is 56.0 Å². The van der Waals surface area contributed by atoms with Crippen molar-refractivity contribution in [3.05, 3.63) is 52.9 Å². The lowest BCUT2D eigenvalue weighted by Gasteiger charge is -2.39. The summed E-state index contributed by atoms with van der Waals surface area (Å²) < 4.78 is 26.7. The van der Waals surface area contributed by atoms with Crippen LogP contribution in [0.2, 0.25) is 0 Å². The minimum absolute atomic E-state index is 0.143. The van der Waals surface area contributed by atoms with Gasteiger partial charge in [0.05, 0.1) is 11.1 Å². The summed E-state index contributed by atoms with van der Waals surface area (Å²) in [7, 11) is 0. The number of carbonyl (C=O) groups excluding carboxylic acids is 1. The Bertz CT molecular complexity index is 868. The van der Waals surface area contributed by atoms with E-state index < -0.39 is 11.6 Å². The van der Waals surface area contributed by atoms with Crippen LogP contribution in [0.4, 0.5) is 8.78 Å². The predicted octanol–water partition coefficient (Wildman–Crippen LogP) is 3.27. The van der Waals surface area contributed by atoms with Crippen molar-refractivity contribution in [3.8, 4) is 0 Å². The van der Waals surface area contributed by atoms with Crippen LogP contribution in [0.25, 0.3) is 0 Å². The number of hydrogen-bond donors (Lipinski definition) is 1. The molecule has 150 valence electrons. The van der Waals surface area contributed by atoms with Crippen LogP contribution < -0.4 is 0 Å². The number of aromatic amines is 1. The summed E-state index contributed by atoms with van der Waals surface area (Å²) in [6.07, 6.45) is 3.57. The van der Waals surface area contributed by atoms with Crippen molar-refractivity contribution in [1.82, 2.24) is 20.0 Å². The Morgan fingerprint density at radius 1 is 1.14 bits per heavy atom. The molecule has 0 bridgehead atoms. The van der Waals surface area contributed by atoms with E-state index >= 15 is 0 Å². The van der Waals surface area contributed by atoms with Gasteiger partial charge in [0, 0.05) is 31.9 Å². The van der Waals surface area contributed by atoms with Crippen LogP contribution in [0.15, 0.2) is 24.3 Å². The number of carbonyl (C=O) groups is 1. The van der Waals surface area contributed by atoms with Crippen molar-refractivity contribution in [2.45, 2.75) is 45.7 Å². The van der Waals surface area contributed by atoms with E-state index in [9.17, 15) is 13.6 Å². The number of hydrogen-bond acceptors (Lipinski definition) is 3. The van der Waals surface area contributed by atoms with E-state index in [2.05, 4.69) is 28.1 Å². The Balaban J connectivity index is 1.42. The first kappa shape index (κ1) is 19.1. The van der Waals surface area contributed by atoms with Crippen molar-refractivity contribution in [2.24, 2.45) is 5.41 Å². The lowest BCUT2D eigenvalue weighted by molar-refractivity contribution is -0.146. The van der Waals surface area contributed by atoms with Crippen molar-refractivity contribution < 1.29 is 13.6 Å². The Morgan fingerprint density at radius 2 is 2.00 bits per heavy atom. The summed E-state index contributed by atoms with van der Waals surface area (Å²) >= 11 is 0. The Hall–Kier alpha value is -2.28. The molecule has 2 aromatic rings. The molecule has 1 spiro atoms. The average molecular weight is 388 g/mol. The normalized spacial score (nSPS) is 23.1. The van der Waals surface area contributed by atoms with E-state index in [4.69, 9.17) is 0 Å². The summed E-state index contributed by atoms with van der Waals surface area (Å²) in [5, 5.41) is 7.37. The number of piperidine rings is 1. The van der Waals surface area contributed by atoms with Crippen molar-refractivity contribution in [1.29, 1.82) is 0 Å². The summed E-state index contributed by atoms with van der Waals surface area (Å²) in [4.78, 5) is 17.4. The Labute approximate surface area is 163 Å². The van der Waals surface area contributed by atoms with E-state index in [0.29, 0.717) is 18.7 Å². The number of amides is 1. The zero-order chi connectivity index (χ0) is 19.7. The van der Waals surface area contributed by atoms with Gasteiger partial charge in [-0.3, -0.25) is 14.8 Å². The lowest BCUT2D eigenvalue weighted by Crippen LogP contribution is -2.49. The van der Waals surface area contributed by atoms with Crippen LogP contribution in [0.1, 0.15) is 43.1 Å². The molecule has 1 unspecified atom stereocenters. The number of aryl methyl sites for hydroxylation is 1. The molecule has 0 saturated carbocycles. The topological polar surface area (TPSA) is 52.2 Å². The maximum absolute atomic E-state index is 13.5. The van der Waals surface area contributed by atoms with Crippen LogP contribution in [-0.4, -0.2) is 45.5 Å². The third-order valence-corrected chi connectivity index (χ3v) is 6.05. The second kappa shape index (κ2) is 7.62. The molecule has 0 aliphatic carbocycles. The number of benzene rings is 1. The Kier molecular flexibility index (Phi) is 5.19. The van der Waals surface area contributed by atoms with Crippen LogP contribution in [-0.2, 0) is 24.3 Å². The number of rotatable bonds is 5. The van der Waals surface area contributed by atoms with E-state index in [1.165, 1.54) is 6.07 Å². The fourth-order valence-electron chi connectivity index (χ4n) is 4.55. The number of likely N-dealkylation sites (tertiary alicyclic amines) is 2. The number of nitrogens with one attached hydrogen (secondary N) is 1. The highest BCUT2D eigenvalue weighted by Gasteiger charge is 2.48. The Morgan fingerprint density at radius 3 is 2.75 bits per heavy atom. The average Bonchev–Trinajstić information content (AvgIpc) is 3.30. The van der Waals surface area contributed by atoms with Gasteiger partial charge in [0.1, 0.15) is 0 Å². The second-order valence-electron chi connectivity index (χ2n) is 8.06. The first-order valence-electron chi connectivity index (χ1n) is 9.98. The van der Waals surface area contributed by atoms with Crippen LogP contribution >= 0.6 is 0 Å². The molecular formula is C21H26F2N4O. The van der Waals surface area contributed by atoms with Crippen LogP contribution in [0, 0.1) is 17.0 Å². The molecule has 5 nitrogen and oxygen atoms in total. The molecule has 1 aromatic carbocycles. The molecule has 7 heteroatoms. The number of H-pyrrole nitrogens is 1. The molecule has 1 aromatic heterocycles. The van der Waals surface area contributed by atoms with Crippen molar-refractivity contribution in [3.63, 3.8) is 0 Å². The number of aromatic nitrogens is 2. The van der Waals surface area contributed by atoms with Crippen molar-refractivity contribution in [2.75, 3.05) is 19.6 Å². The fourth-order valence-corrected chi connectivity index (χ4v) is 4.55. The molecule has 3 heterocycles. The van der Waals surface area contributed by atoms with E-state index in [0.717, 1.165) is 62.8 Å². The second-order valence-corrected chi connectivity index (χ2v) is 8.06. The number of nitrogens with zero attached hydrogens (tertiary/aromatic N) is 3. The maximum atomic E-state index is 13.5. The fraction of sp³-hybridized carbons (Fsp3) is 0.524. The number of halogens is 2. The third kappa shape index (κ3) is 3.68. The van der Waals surface area contributed by atoms with E-state index in [1.807, 2.05) is 4.90 Å². The SMILES string of the molecule is CCc1cc(CN2CCC3(CCCN(Cc4ccc(F)c(F)c4)C3=O)C2)[nH]n1. The van der Waals surface area contributed by atoms with E-state index in [1.54, 1.807) is 6.07 Å². The zero-order valence-electron chi connectivity index (χ0n) is 16.2. The van der Waals surface area contributed by atoms with Gasteiger partial charge >= 0.3 is 0 Å². The molecular weight excluding hydrogens is 362 g/mol. The van der Waals surface area contributed by atoms with Gasteiger partial charge in [0.15, 0.2) is 11.6 Å². The molecule has 28 heavy (non-hydrogen) atoms. The van der Waals surface area contributed by atoms with Crippen LogP contribution in [0.5, 0.6) is 0 Å². The molecule has 2 aliphatic heterocycles. The molecule has 2 aliphatic rings. The third-order valence-electron chi connectivity index (χ3n) is 6.05. The van der Waals surface area contributed by atoms with Crippen LogP contribution in [0.3, 0.4) is 0 Å². The molecule has 0 radical (unpaired) electrons. The van der Waals surface area contributed by atoms with Gasteiger partial charge in [-0.1, -0.05) is 13.0 Å². The summed E-state index contributed by atoms with van der Waals surface area (Å²) in [6, 6.07) is 5.95. The highest BCUT2D eigenvalue weighted by atomic mass is 19.2. The zero-order valence-corrected chi connectivity index (χ0v) is 16.2. The highest BCUT2D eigenvalue weighted by molar-refractivity contribution is 5.84. The largest absolute Gasteiger partial charge is 0.338 e. The minimum Gasteiger partial charge on any atom is -0.338 e. The smallest absolute Gasteiger partial charge is 0.230 e. The van der Waals surface area contributed by atoms with Gasteiger partial charge in [0.25, 0.3) is 0 Å². The molecule has 4 rings (SSSR count). The van der Waals surface area contributed by atoms with Crippen molar-refractivity contribution >= 4 is 5.91 Å². The summed E-state index contributed by atoms with van der Waals surface area (Å²) in [6.45, 7) is 5.46. The highest BCUT2D eigenvalue weighted by Crippen LogP contribution is 2.40.